The van der Waals surface area contributed by atoms with Gasteiger partial charge in [-0.2, -0.15) is 13.2 Å². The fraction of sp³-hybridized carbons (Fsp3) is 0.588. The molecule has 2 atom stereocenters. The van der Waals surface area contributed by atoms with Gasteiger partial charge in [-0.25, -0.2) is 0 Å². The summed E-state index contributed by atoms with van der Waals surface area (Å²) in [4.78, 5) is 0. The van der Waals surface area contributed by atoms with Crippen LogP contribution >= 0.6 is 12.2 Å². The molecule has 2 nitrogen and oxygen atoms in total. The zero-order valence-corrected chi connectivity index (χ0v) is 14.4. The number of hydrogen-bond acceptors (Lipinski definition) is 1. The fourth-order valence-corrected chi connectivity index (χ4v) is 3.92. The second-order valence-electron chi connectivity index (χ2n) is 7.25. The fourth-order valence-electron chi connectivity index (χ4n) is 3.64. The number of benzene rings is 1. The van der Waals surface area contributed by atoms with E-state index in [1.54, 1.807) is 6.07 Å². The highest BCUT2D eigenvalue weighted by atomic mass is 32.1. The van der Waals surface area contributed by atoms with E-state index in [1.165, 1.54) is 12.1 Å². The van der Waals surface area contributed by atoms with Gasteiger partial charge >= 0.3 is 6.18 Å². The summed E-state index contributed by atoms with van der Waals surface area (Å²) in [6.07, 6.45) is -1.31. The molecule has 0 spiro atoms. The number of thiocarbonyl (C=S) groups is 1. The Hall–Kier alpha value is -1.30. The van der Waals surface area contributed by atoms with E-state index in [0.717, 1.165) is 25.3 Å². The lowest BCUT2D eigenvalue weighted by Crippen LogP contribution is -2.44. The SMILES string of the molecule is CC1CC(NC(=S)Nc2ccccc2C(F)(F)F)CC(C)(C)C1. The van der Waals surface area contributed by atoms with Gasteiger partial charge < -0.3 is 10.6 Å². The molecule has 1 aromatic rings. The summed E-state index contributed by atoms with van der Waals surface area (Å²) >= 11 is 5.22. The van der Waals surface area contributed by atoms with Crippen molar-refractivity contribution in [1.82, 2.24) is 5.32 Å². The molecule has 1 aromatic carbocycles. The van der Waals surface area contributed by atoms with E-state index in [1.807, 2.05) is 0 Å². The highest BCUT2D eigenvalue weighted by Gasteiger charge is 2.34. The minimum absolute atomic E-state index is 0.0133. The van der Waals surface area contributed by atoms with Crippen molar-refractivity contribution in [3.63, 3.8) is 0 Å². The summed E-state index contributed by atoms with van der Waals surface area (Å²) in [5.74, 6) is 0.571. The first-order valence-corrected chi connectivity index (χ1v) is 8.21. The van der Waals surface area contributed by atoms with Gasteiger partial charge in [0.2, 0.25) is 0 Å². The lowest BCUT2D eigenvalue weighted by Gasteiger charge is -2.39. The molecule has 0 aliphatic heterocycles. The molecule has 6 heteroatoms. The molecule has 1 aliphatic rings. The van der Waals surface area contributed by atoms with Crippen LogP contribution in [0.2, 0.25) is 0 Å². The molecule has 1 aliphatic carbocycles. The summed E-state index contributed by atoms with van der Waals surface area (Å²) in [7, 11) is 0. The molecule has 128 valence electrons. The average Bonchev–Trinajstić information content (AvgIpc) is 2.35. The van der Waals surface area contributed by atoms with Gasteiger partial charge in [0.25, 0.3) is 0 Å². The van der Waals surface area contributed by atoms with E-state index in [0.29, 0.717) is 5.92 Å². The van der Waals surface area contributed by atoms with Crippen molar-refractivity contribution in [2.24, 2.45) is 11.3 Å². The molecule has 0 saturated heterocycles. The van der Waals surface area contributed by atoms with Crippen LogP contribution in [-0.4, -0.2) is 11.2 Å². The van der Waals surface area contributed by atoms with Crippen LogP contribution < -0.4 is 10.6 Å². The van der Waals surface area contributed by atoms with Crippen LogP contribution in [-0.2, 0) is 6.18 Å². The lowest BCUT2D eigenvalue weighted by molar-refractivity contribution is -0.136. The minimum atomic E-state index is -4.40. The number of anilines is 1. The van der Waals surface area contributed by atoms with Gasteiger partial charge in [0.1, 0.15) is 0 Å². The Labute approximate surface area is 140 Å². The van der Waals surface area contributed by atoms with Crippen LogP contribution in [0, 0.1) is 11.3 Å². The largest absolute Gasteiger partial charge is 0.418 e. The molecule has 0 heterocycles. The van der Waals surface area contributed by atoms with Crippen molar-refractivity contribution in [3.05, 3.63) is 29.8 Å². The minimum Gasteiger partial charge on any atom is -0.360 e. The van der Waals surface area contributed by atoms with Gasteiger partial charge in [-0.1, -0.05) is 32.9 Å². The normalized spacial score (nSPS) is 24.1. The number of hydrogen-bond donors (Lipinski definition) is 2. The predicted octanol–water partition coefficient (Wildman–Crippen LogP) is 5.21. The van der Waals surface area contributed by atoms with Crippen LogP contribution in [0.15, 0.2) is 24.3 Å². The lowest BCUT2D eigenvalue weighted by atomic mass is 9.71. The first kappa shape index (κ1) is 18.0. The first-order valence-electron chi connectivity index (χ1n) is 7.80. The number of nitrogens with one attached hydrogen (secondary N) is 2. The molecule has 1 fully saturated rings. The Kier molecular flexibility index (Phi) is 5.23. The average molecular weight is 344 g/mol. The molecule has 1 saturated carbocycles. The van der Waals surface area contributed by atoms with Crippen molar-refractivity contribution < 1.29 is 13.2 Å². The van der Waals surface area contributed by atoms with Gasteiger partial charge in [-0.3, -0.25) is 0 Å². The van der Waals surface area contributed by atoms with Crippen LogP contribution in [0.1, 0.15) is 45.6 Å². The number of alkyl halides is 3. The third-order valence-corrected chi connectivity index (χ3v) is 4.42. The third kappa shape index (κ3) is 5.09. The van der Waals surface area contributed by atoms with Crippen molar-refractivity contribution >= 4 is 23.0 Å². The summed E-state index contributed by atoms with van der Waals surface area (Å²) in [5, 5.41) is 6.14. The van der Waals surface area contributed by atoms with E-state index in [2.05, 4.69) is 31.4 Å². The topological polar surface area (TPSA) is 24.1 Å². The Bertz CT molecular complexity index is 569. The van der Waals surface area contributed by atoms with Crippen LogP contribution in [0.25, 0.3) is 0 Å². The second-order valence-corrected chi connectivity index (χ2v) is 7.66. The third-order valence-electron chi connectivity index (χ3n) is 4.20. The van der Waals surface area contributed by atoms with Crippen molar-refractivity contribution in [2.75, 3.05) is 5.32 Å². The highest BCUT2D eigenvalue weighted by Crippen LogP contribution is 2.38. The smallest absolute Gasteiger partial charge is 0.360 e. The zero-order chi connectivity index (χ0) is 17.3. The van der Waals surface area contributed by atoms with Gasteiger partial charge in [0, 0.05) is 6.04 Å². The Morgan fingerprint density at radius 1 is 1.22 bits per heavy atom. The predicted molar refractivity (Wildman–Crippen MR) is 91.4 cm³/mol. The molecule has 0 radical (unpaired) electrons. The number of para-hydroxylation sites is 1. The summed E-state index contributed by atoms with van der Waals surface area (Å²) in [6.45, 7) is 6.63. The molecular weight excluding hydrogens is 321 g/mol. The maximum atomic E-state index is 13.0. The molecule has 0 aromatic heterocycles. The van der Waals surface area contributed by atoms with E-state index >= 15 is 0 Å². The maximum Gasteiger partial charge on any atom is 0.418 e. The zero-order valence-electron chi connectivity index (χ0n) is 13.6. The maximum absolute atomic E-state index is 13.0. The van der Waals surface area contributed by atoms with E-state index < -0.39 is 11.7 Å². The van der Waals surface area contributed by atoms with E-state index in [-0.39, 0.29) is 22.3 Å². The van der Waals surface area contributed by atoms with E-state index in [9.17, 15) is 13.2 Å². The molecule has 2 N–H and O–H groups in total. The van der Waals surface area contributed by atoms with Crippen molar-refractivity contribution in [3.8, 4) is 0 Å². The molecule has 23 heavy (non-hydrogen) atoms. The summed E-state index contributed by atoms with van der Waals surface area (Å²) < 4.78 is 39.0. The monoisotopic (exact) mass is 344 g/mol. The quantitative estimate of drug-likeness (QED) is 0.721. The van der Waals surface area contributed by atoms with Crippen LogP contribution in [0.4, 0.5) is 18.9 Å². The van der Waals surface area contributed by atoms with Crippen molar-refractivity contribution in [2.45, 2.75) is 52.3 Å². The van der Waals surface area contributed by atoms with E-state index in [4.69, 9.17) is 12.2 Å². The Morgan fingerprint density at radius 2 is 1.87 bits per heavy atom. The van der Waals surface area contributed by atoms with Gasteiger partial charge in [-0.15, -0.1) is 0 Å². The Balaban J connectivity index is 2.03. The highest BCUT2D eigenvalue weighted by molar-refractivity contribution is 7.80. The molecule has 2 unspecified atom stereocenters. The van der Waals surface area contributed by atoms with Crippen LogP contribution in [0.5, 0.6) is 0 Å². The molecule has 0 amide bonds. The Morgan fingerprint density at radius 3 is 2.48 bits per heavy atom. The number of halogens is 3. The summed E-state index contributed by atoms with van der Waals surface area (Å²) in [5.41, 5.74) is -0.503. The number of rotatable bonds is 2. The molecule has 0 bridgehead atoms. The molecular formula is C17H23F3N2S. The van der Waals surface area contributed by atoms with Crippen molar-refractivity contribution in [1.29, 1.82) is 0 Å². The first-order chi connectivity index (χ1) is 10.6. The molecule has 2 rings (SSSR count). The van der Waals surface area contributed by atoms with Crippen LogP contribution in [0.3, 0.4) is 0 Å². The van der Waals surface area contributed by atoms with Gasteiger partial charge in [0.15, 0.2) is 5.11 Å². The van der Waals surface area contributed by atoms with Gasteiger partial charge in [0.05, 0.1) is 11.3 Å². The van der Waals surface area contributed by atoms with Gasteiger partial charge in [-0.05, 0) is 54.9 Å². The second kappa shape index (κ2) is 6.67. The standard InChI is InChI=1S/C17H23F3N2S/c1-11-8-12(10-16(2,3)9-11)21-15(23)22-14-7-5-4-6-13(14)17(18,19)20/h4-7,11-12H,8-10H2,1-3H3,(H2,21,22,23). The summed E-state index contributed by atoms with van der Waals surface area (Å²) in [6, 6.07) is 5.56.